The zero-order valence-electron chi connectivity index (χ0n) is 19.0. The summed E-state index contributed by atoms with van der Waals surface area (Å²) in [6.45, 7) is 7.54. The number of anilines is 1. The predicted octanol–water partition coefficient (Wildman–Crippen LogP) is 5.24. The molecule has 3 aromatic rings. The maximum absolute atomic E-state index is 13.3. The van der Waals surface area contributed by atoms with Gasteiger partial charge in [-0.3, -0.25) is 9.88 Å². The molecule has 0 spiro atoms. The largest absolute Gasteiger partial charge is 0.443 e. The normalized spacial score (nSPS) is 14.9. The van der Waals surface area contributed by atoms with E-state index in [-0.39, 0.29) is 0 Å². The van der Waals surface area contributed by atoms with Gasteiger partial charge in [-0.2, -0.15) is 14.6 Å². The highest BCUT2D eigenvalue weighted by molar-refractivity contribution is 9.10. The second kappa shape index (κ2) is 10.0. The van der Waals surface area contributed by atoms with Crippen LogP contribution in [0, 0.1) is 5.92 Å². The molecule has 176 valence electrons. The molecule has 0 aliphatic carbocycles. The highest BCUT2D eigenvalue weighted by atomic mass is 79.9. The number of hydrogen-bond acceptors (Lipinski definition) is 7. The highest BCUT2D eigenvalue weighted by Crippen LogP contribution is 2.30. The average molecular weight is 518 g/mol. The lowest BCUT2D eigenvalue weighted by Gasteiger charge is -2.29. The molecule has 10 heteroatoms. The summed E-state index contributed by atoms with van der Waals surface area (Å²) >= 11 is 3.49. The van der Waals surface area contributed by atoms with Gasteiger partial charge in [0.1, 0.15) is 17.2 Å². The highest BCUT2D eigenvalue weighted by Gasteiger charge is 2.28. The molecule has 0 N–H and O–H groups in total. The van der Waals surface area contributed by atoms with Gasteiger partial charge in [-0.15, -0.1) is 0 Å². The number of carbonyl (C=O) groups excluding carboxylic acids is 1. The molecule has 9 nitrogen and oxygen atoms in total. The van der Waals surface area contributed by atoms with Gasteiger partial charge in [-0.25, -0.2) is 4.79 Å². The molecule has 0 radical (unpaired) electrons. The first-order valence-electron chi connectivity index (χ1n) is 11.0. The van der Waals surface area contributed by atoms with Crippen molar-refractivity contribution in [3.05, 3.63) is 41.3 Å². The lowest BCUT2D eigenvalue weighted by molar-refractivity contribution is 0.0551. The molecule has 1 saturated heterocycles. The van der Waals surface area contributed by atoms with E-state index in [1.165, 1.54) is 0 Å². The Hall–Kier alpha value is -2.72. The number of rotatable bonds is 6. The molecule has 0 atom stereocenters. The van der Waals surface area contributed by atoms with E-state index in [4.69, 9.17) is 14.2 Å². The first-order chi connectivity index (χ1) is 15.8. The summed E-state index contributed by atoms with van der Waals surface area (Å²) in [4.78, 5) is 23.6. The van der Waals surface area contributed by atoms with Crippen molar-refractivity contribution in [2.75, 3.05) is 24.7 Å². The van der Waals surface area contributed by atoms with Gasteiger partial charge in [0.25, 0.3) is 0 Å². The molecule has 0 bridgehead atoms. The van der Waals surface area contributed by atoms with E-state index in [0.29, 0.717) is 40.0 Å². The van der Waals surface area contributed by atoms with Crippen molar-refractivity contribution in [2.45, 2.75) is 45.6 Å². The van der Waals surface area contributed by atoms with Gasteiger partial charge in [0.15, 0.2) is 5.65 Å². The molecular weight excluding hydrogens is 490 g/mol. The van der Waals surface area contributed by atoms with Gasteiger partial charge in [-0.05, 0) is 74.0 Å². The van der Waals surface area contributed by atoms with Crippen LogP contribution in [-0.4, -0.2) is 51.0 Å². The van der Waals surface area contributed by atoms with E-state index in [1.54, 1.807) is 46.2 Å². The van der Waals surface area contributed by atoms with Crippen molar-refractivity contribution < 1.29 is 19.0 Å². The third-order valence-corrected chi connectivity index (χ3v) is 5.79. The minimum absolute atomic E-state index is 0.325. The van der Waals surface area contributed by atoms with Crippen LogP contribution in [0.3, 0.4) is 0 Å². The van der Waals surface area contributed by atoms with Gasteiger partial charge >= 0.3 is 6.09 Å². The number of ether oxygens (including phenoxy) is 3. The Morgan fingerprint density at radius 3 is 2.79 bits per heavy atom. The Kier molecular flexibility index (Phi) is 7.14. The second-order valence-corrected chi connectivity index (χ2v) is 9.80. The first kappa shape index (κ1) is 23.4. The molecule has 0 aromatic carbocycles. The third-order valence-electron chi connectivity index (χ3n) is 5.24. The predicted molar refractivity (Wildman–Crippen MR) is 127 cm³/mol. The first-order valence-corrected chi connectivity index (χ1v) is 11.8. The zero-order valence-corrected chi connectivity index (χ0v) is 20.6. The van der Waals surface area contributed by atoms with Crippen molar-refractivity contribution >= 4 is 33.5 Å². The number of pyridine rings is 1. The lowest BCUT2D eigenvalue weighted by Crippen LogP contribution is -2.39. The van der Waals surface area contributed by atoms with Gasteiger partial charge in [-0.1, -0.05) is 0 Å². The summed E-state index contributed by atoms with van der Waals surface area (Å²) in [6, 6.07) is 5.28. The molecule has 3 aromatic heterocycles. The van der Waals surface area contributed by atoms with Crippen molar-refractivity contribution in [2.24, 2.45) is 5.92 Å². The topological polar surface area (TPSA) is 91.1 Å². The van der Waals surface area contributed by atoms with Crippen molar-refractivity contribution in [1.29, 1.82) is 0 Å². The van der Waals surface area contributed by atoms with Gasteiger partial charge < -0.3 is 14.2 Å². The fourth-order valence-corrected chi connectivity index (χ4v) is 3.98. The van der Waals surface area contributed by atoms with Crippen LogP contribution >= 0.6 is 15.9 Å². The van der Waals surface area contributed by atoms with Gasteiger partial charge in [0, 0.05) is 32.0 Å². The van der Waals surface area contributed by atoms with Crippen LogP contribution in [-0.2, 0) is 9.47 Å². The van der Waals surface area contributed by atoms with Crippen LogP contribution in [0.15, 0.2) is 41.3 Å². The maximum Gasteiger partial charge on any atom is 0.416 e. The Balaban J connectivity index is 1.70. The van der Waals surface area contributed by atoms with Crippen molar-refractivity contribution in [1.82, 2.24) is 19.6 Å². The molecule has 1 fully saturated rings. The SMILES string of the molecule is CC(C)(C)OC(=O)N(CCC1CCOCC1)c1cc(Oc2cccnc2)nc2c(Br)cnn12. The van der Waals surface area contributed by atoms with E-state index in [2.05, 4.69) is 31.0 Å². The van der Waals surface area contributed by atoms with E-state index in [9.17, 15) is 4.79 Å². The van der Waals surface area contributed by atoms with Gasteiger partial charge in [0.05, 0.1) is 16.9 Å². The molecule has 1 amide bonds. The van der Waals surface area contributed by atoms with Crippen LogP contribution < -0.4 is 9.64 Å². The summed E-state index contributed by atoms with van der Waals surface area (Å²) in [5.74, 6) is 1.87. The monoisotopic (exact) mass is 517 g/mol. The Morgan fingerprint density at radius 2 is 2.09 bits per heavy atom. The number of nitrogens with zero attached hydrogens (tertiary/aromatic N) is 5. The number of fused-ring (bicyclic) bond motifs is 1. The van der Waals surface area contributed by atoms with E-state index in [1.807, 2.05) is 20.8 Å². The number of amides is 1. The van der Waals surface area contributed by atoms with Crippen LogP contribution in [0.4, 0.5) is 10.6 Å². The molecule has 4 heterocycles. The smallest absolute Gasteiger partial charge is 0.416 e. The summed E-state index contributed by atoms with van der Waals surface area (Å²) in [5.41, 5.74) is -0.106. The fourth-order valence-electron chi connectivity index (χ4n) is 3.63. The molecule has 1 aliphatic rings. The minimum atomic E-state index is -0.639. The van der Waals surface area contributed by atoms with Crippen LogP contribution in [0.5, 0.6) is 11.6 Å². The van der Waals surface area contributed by atoms with E-state index >= 15 is 0 Å². The number of halogens is 1. The standard InChI is InChI=1S/C23H28BrN5O4/c1-23(2,3)33-22(30)28(10-6-16-7-11-31-12-8-16)20-13-19(32-17-5-4-9-25-14-17)27-21-18(24)15-26-29(20)21/h4-5,9,13-16H,6-8,10-12H2,1-3H3. The Morgan fingerprint density at radius 1 is 1.30 bits per heavy atom. The molecule has 0 unspecified atom stereocenters. The zero-order chi connectivity index (χ0) is 23.4. The number of carbonyl (C=O) groups is 1. The number of aromatic nitrogens is 4. The quantitative estimate of drug-likeness (QED) is 0.441. The average Bonchev–Trinajstić information content (AvgIpc) is 3.15. The van der Waals surface area contributed by atoms with E-state index in [0.717, 1.165) is 32.5 Å². The molecule has 4 rings (SSSR count). The maximum atomic E-state index is 13.3. The molecule has 33 heavy (non-hydrogen) atoms. The molecule has 0 saturated carbocycles. The lowest BCUT2D eigenvalue weighted by atomic mass is 9.96. The Bertz CT molecular complexity index is 1090. The molecular formula is C23H28BrN5O4. The summed E-state index contributed by atoms with van der Waals surface area (Å²) in [7, 11) is 0. The van der Waals surface area contributed by atoms with Crippen LogP contribution in [0.1, 0.15) is 40.0 Å². The van der Waals surface area contributed by atoms with Crippen LogP contribution in [0.25, 0.3) is 5.65 Å². The third kappa shape index (κ3) is 6.00. The summed E-state index contributed by atoms with van der Waals surface area (Å²) in [5, 5.41) is 4.43. The second-order valence-electron chi connectivity index (χ2n) is 8.95. The van der Waals surface area contributed by atoms with Crippen molar-refractivity contribution in [3.63, 3.8) is 0 Å². The minimum Gasteiger partial charge on any atom is -0.443 e. The Labute approximate surface area is 201 Å². The van der Waals surface area contributed by atoms with Crippen molar-refractivity contribution in [3.8, 4) is 11.6 Å². The van der Waals surface area contributed by atoms with Crippen LogP contribution in [0.2, 0.25) is 0 Å². The fraction of sp³-hybridized carbons (Fsp3) is 0.478. The summed E-state index contributed by atoms with van der Waals surface area (Å²) in [6.07, 6.45) is 7.27. The number of hydrogen-bond donors (Lipinski definition) is 0. The van der Waals surface area contributed by atoms with Gasteiger partial charge in [0.2, 0.25) is 5.88 Å². The summed E-state index contributed by atoms with van der Waals surface area (Å²) < 4.78 is 19.5. The van der Waals surface area contributed by atoms with E-state index < -0.39 is 11.7 Å². The molecule has 1 aliphatic heterocycles.